The van der Waals surface area contributed by atoms with Gasteiger partial charge in [0.25, 0.3) is 0 Å². The lowest BCUT2D eigenvalue weighted by atomic mass is 10.2. The fraction of sp³-hybridized carbons (Fsp3) is 0.500. The molecule has 1 amide bonds. The Labute approximate surface area is 123 Å². The summed E-state index contributed by atoms with van der Waals surface area (Å²) >= 11 is 0. The van der Waals surface area contributed by atoms with E-state index in [4.69, 9.17) is 4.52 Å². The van der Waals surface area contributed by atoms with Gasteiger partial charge >= 0.3 is 0 Å². The van der Waals surface area contributed by atoms with E-state index in [9.17, 15) is 4.79 Å². The molecule has 0 radical (unpaired) electrons. The van der Waals surface area contributed by atoms with Crippen LogP contribution in [0.2, 0.25) is 0 Å². The first-order chi connectivity index (χ1) is 9.94. The first kappa shape index (κ1) is 15.2. The van der Waals surface area contributed by atoms with Gasteiger partial charge in [0.15, 0.2) is 0 Å². The van der Waals surface area contributed by atoms with E-state index in [2.05, 4.69) is 20.9 Å². The maximum absolute atomic E-state index is 12.0. The van der Waals surface area contributed by atoms with Crippen molar-refractivity contribution in [2.45, 2.75) is 46.3 Å². The number of aryl methyl sites for hydroxylation is 2. The van der Waals surface area contributed by atoms with Gasteiger partial charge < -0.3 is 9.84 Å². The van der Waals surface area contributed by atoms with Crippen LogP contribution < -0.4 is 10.6 Å². The summed E-state index contributed by atoms with van der Waals surface area (Å²) in [6.45, 7) is 8.32. The summed E-state index contributed by atoms with van der Waals surface area (Å²) in [6, 6.07) is 1.45. The first-order valence-electron chi connectivity index (χ1n) is 6.93. The molecule has 2 aromatic rings. The zero-order chi connectivity index (χ0) is 15.4. The molecular formula is C14H21N5O2. The molecule has 7 nitrogen and oxygen atoms in total. The number of anilines is 1. The highest BCUT2D eigenvalue weighted by Crippen LogP contribution is 2.08. The summed E-state index contributed by atoms with van der Waals surface area (Å²) in [6.07, 6.45) is 3.79. The van der Waals surface area contributed by atoms with Gasteiger partial charge in [0.1, 0.15) is 0 Å². The van der Waals surface area contributed by atoms with Crippen LogP contribution >= 0.6 is 0 Å². The number of rotatable bonds is 6. The van der Waals surface area contributed by atoms with Crippen LogP contribution in [-0.4, -0.2) is 32.9 Å². The number of aromatic nitrogens is 3. The first-order valence-corrected chi connectivity index (χ1v) is 6.93. The Balaban J connectivity index is 1.82. The standard InChI is InChI=1S/C14H21N5O2/c1-9-6-15-19(7-9)8-11(3)16-12(4)14(20)17-13-5-10(2)18-21-13/h5-7,11-12,16H,8H2,1-4H3,(H,17,20)/t11-,12+/m0/s1. The molecule has 0 saturated carbocycles. The minimum absolute atomic E-state index is 0.113. The molecule has 2 rings (SSSR count). The Morgan fingerprint density at radius 3 is 2.76 bits per heavy atom. The van der Waals surface area contributed by atoms with Crippen LogP contribution in [0.3, 0.4) is 0 Å². The molecule has 0 aliphatic heterocycles. The van der Waals surface area contributed by atoms with Gasteiger partial charge in [0.05, 0.1) is 24.5 Å². The number of hydrogen-bond acceptors (Lipinski definition) is 5. The molecule has 2 N–H and O–H groups in total. The second kappa shape index (κ2) is 6.53. The fourth-order valence-corrected chi connectivity index (χ4v) is 2.05. The van der Waals surface area contributed by atoms with E-state index in [-0.39, 0.29) is 18.0 Å². The Bertz CT molecular complexity index is 604. The summed E-state index contributed by atoms with van der Waals surface area (Å²) in [5.74, 6) is 0.205. The summed E-state index contributed by atoms with van der Waals surface area (Å²) in [4.78, 5) is 12.0. The zero-order valence-corrected chi connectivity index (χ0v) is 12.8. The maximum Gasteiger partial charge on any atom is 0.243 e. The van der Waals surface area contributed by atoms with Crippen molar-refractivity contribution in [2.75, 3.05) is 5.32 Å². The molecule has 0 aliphatic rings. The average Bonchev–Trinajstić information content (AvgIpc) is 2.98. The van der Waals surface area contributed by atoms with Gasteiger partial charge in [-0.3, -0.25) is 14.8 Å². The summed E-state index contributed by atoms with van der Waals surface area (Å²) < 4.78 is 6.82. The molecule has 0 aliphatic carbocycles. The Morgan fingerprint density at radius 2 is 2.19 bits per heavy atom. The molecular weight excluding hydrogens is 270 g/mol. The van der Waals surface area contributed by atoms with Gasteiger partial charge in [0.2, 0.25) is 11.8 Å². The normalized spacial score (nSPS) is 13.9. The van der Waals surface area contributed by atoms with Gasteiger partial charge in [-0.2, -0.15) is 5.10 Å². The van der Waals surface area contributed by atoms with E-state index in [0.717, 1.165) is 11.3 Å². The topological polar surface area (TPSA) is 85.0 Å². The second-order valence-electron chi connectivity index (χ2n) is 5.35. The maximum atomic E-state index is 12.0. The monoisotopic (exact) mass is 291 g/mol. The van der Waals surface area contributed by atoms with Crippen molar-refractivity contribution in [2.24, 2.45) is 0 Å². The molecule has 2 heterocycles. The summed E-state index contributed by atoms with van der Waals surface area (Å²) in [5, 5.41) is 13.9. The second-order valence-corrected chi connectivity index (χ2v) is 5.35. The molecule has 0 bridgehead atoms. The van der Waals surface area contributed by atoms with Crippen LogP contribution in [0.1, 0.15) is 25.1 Å². The van der Waals surface area contributed by atoms with Gasteiger partial charge in [-0.05, 0) is 33.3 Å². The predicted molar refractivity (Wildman–Crippen MR) is 78.9 cm³/mol. The lowest BCUT2D eigenvalue weighted by Gasteiger charge is -2.19. The number of nitrogens with one attached hydrogen (secondary N) is 2. The largest absolute Gasteiger partial charge is 0.338 e. The molecule has 2 aromatic heterocycles. The van der Waals surface area contributed by atoms with Gasteiger partial charge in [0, 0.05) is 18.3 Å². The Hall–Kier alpha value is -2.15. The Kier molecular flexibility index (Phi) is 4.74. The highest BCUT2D eigenvalue weighted by atomic mass is 16.5. The van der Waals surface area contributed by atoms with Crippen LogP contribution in [0.5, 0.6) is 0 Å². The number of carbonyl (C=O) groups excluding carboxylic acids is 1. The van der Waals surface area contributed by atoms with Gasteiger partial charge in [-0.25, -0.2) is 0 Å². The van der Waals surface area contributed by atoms with Crippen molar-refractivity contribution < 1.29 is 9.32 Å². The van der Waals surface area contributed by atoms with Crippen LogP contribution in [0, 0.1) is 13.8 Å². The Morgan fingerprint density at radius 1 is 1.43 bits per heavy atom. The quantitative estimate of drug-likeness (QED) is 0.842. The minimum Gasteiger partial charge on any atom is -0.338 e. The SMILES string of the molecule is Cc1cnn(C[C@H](C)N[C@H](C)C(=O)Nc2cc(C)no2)c1. The molecule has 0 aromatic carbocycles. The molecule has 114 valence electrons. The van der Waals surface area contributed by atoms with E-state index in [1.165, 1.54) is 0 Å². The van der Waals surface area contributed by atoms with Crippen molar-refractivity contribution in [3.05, 3.63) is 29.7 Å². The fourth-order valence-electron chi connectivity index (χ4n) is 2.05. The highest BCUT2D eigenvalue weighted by Gasteiger charge is 2.17. The van der Waals surface area contributed by atoms with E-state index >= 15 is 0 Å². The molecule has 21 heavy (non-hydrogen) atoms. The van der Waals surface area contributed by atoms with Crippen LogP contribution in [0.15, 0.2) is 23.0 Å². The number of amides is 1. The lowest BCUT2D eigenvalue weighted by molar-refractivity contribution is -0.118. The van der Waals surface area contributed by atoms with Crippen LogP contribution in [-0.2, 0) is 11.3 Å². The third kappa shape index (κ3) is 4.42. The third-order valence-electron chi connectivity index (χ3n) is 3.03. The predicted octanol–water partition coefficient (Wildman–Crippen LogP) is 1.49. The van der Waals surface area contributed by atoms with Crippen LogP contribution in [0.25, 0.3) is 0 Å². The molecule has 0 saturated heterocycles. The van der Waals surface area contributed by atoms with Crippen molar-refractivity contribution in [3.63, 3.8) is 0 Å². The van der Waals surface area contributed by atoms with E-state index < -0.39 is 0 Å². The van der Waals surface area contributed by atoms with Crippen molar-refractivity contribution >= 4 is 11.8 Å². The lowest BCUT2D eigenvalue weighted by Crippen LogP contribution is -2.44. The van der Waals surface area contributed by atoms with Gasteiger partial charge in [-0.1, -0.05) is 5.16 Å². The number of hydrogen-bond donors (Lipinski definition) is 2. The van der Waals surface area contributed by atoms with Crippen molar-refractivity contribution in [1.29, 1.82) is 0 Å². The zero-order valence-electron chi connectivity index (χ0n) is 12.8. The van der Waals surface area contributed by atoms with Gasteiger partial charge in [-0.15, -0.1) is 0 Å². The molecule has 0 unspecified atom stereocenters. The molecule has 0 spiro atoms. The number of carbonyl (C=O) groups is 1. The average molecular weight is 291 g/mol. The van der Waals surface area contributed by atoms with E-state index in [0.29, 0.717) is 12.4 Å². The van der Waals surface area contributed by atoms with Crippen LogP contribution in [0.4, 0.5) is 5.88 Å². The molecule has 7 heteroatoms. The van der Waals surface area contributed by atoms with E-state index in [1.54, 1.807) is 13.0 Å². The third-order valence-corrected chi connectivity index (χ3v) is 3.03. The number of nitrogens with zero attached hydrogens (tertiary/aromatic N) is 3. The highest BCUT2D eigenvalue weighted by molar-refractivity contribution is 5.93. The van der Waals surface area contributed by atoms with Crippen molar-refractivity contribution in [1.82, 2.24) is 20.3 Å². The smallest absolute Gasteiger partial charge is 0.243 e. The summed E-state index contributed by atoms with van der Waals surface area (Å²) in [7, 11) is 0. The van der Waals surface area contributed by atoms with E-state index in [1.807, 2.05) is 37.8 Å². The molecule has 2 atom stereocenters. The molecule has 0 fully saturated rings. The van der Waals surface area contributed by atoms with Crippen molar-refractivity contribution in [3.8, 4) is 0 Å². The summed E-state index contributed by atoms with van der Waals surface area (Å²) in [5.41, 5.74) is 1.85. The minimum atomic E-state index is -0.345.